The van der Waals surface area contributed by atoms with E-state index in [1.807, 2.05) is 4.90 Å². The van der Waals surface area contributed by atoms with Crippen molar-refractivity contribution in [3.05, 3.63) is 41.5 Å². The van der Waals surface area contributed by atoms with Crippen LogP contribution in [0, 0.1) is 0 Å². The SMILES string of the molecule is COc1cc(CCC(=O)Nc2cc(C(F)(F)F)ccc2N2CCCC2)cc(OC)c1OC. The summed E-state index contributed by atoms with van der Waals surface area (Å²) in [6.07, 6.45) is -2.13. The van der Waals surface area contributed by atoms with Crippen molar-refractivity contribution in [3.8, 4) is 17.2 Å². The van der Waals surface area contributed by atoms with Crippen LogP contribution in [0.2, 0.25) is 0 Å². The van der Waals surface area contributed by atoms with Crippen LogP contribution in [0.25, 0.3) is 0 Å². The Morgan fingerprint density at radius 1 is 1.00 bits per heavy atom. The third-order valence-corrected chi connectivity index (χ3v) is 5.41. The summed E-state index contributed by atoms with van der Waals surface area (Å²) in [7, 11) is 4.50. The first-order chi connectivity index (χ1) is 15.3. The maximum absolute atomic E-state index is 13.2. The van der Waals surface area contributed by atoms with Gasteiger partial charge < -0.3 is 24.4 Å². The molecule has 1 aliphatic heterocycles. The van der Waals surface area contributed by atoms with E-state index in [1.165, 1.54) is 27.4 Å². The Morgan fingerprint density at radius 3 is 2.16 bits per heavy atom. The van der Waals surface area contributed by atoms with Crippen LogP contribution in [-0.4, -0.2) is 40.3 Å². The Balaban J connectivity index is 1.77. The number of hydrogen-bond acceptors (Lipinski definition) is 5. The predicted molar refractivity (Wildman–Crippen MR) is 116 cm³/mol. The summed E-state index contributed by atoms with van der Waals surface area (Å²) in [5.74, 6) is 1.01. The number of carbonyl (C=O) groups excluding carboxylic acids is 1. The fraction of sp³-hybridized carbons (Fsp3) is 0.435. The molecule has 2 aromatic carbocycles. The fourth-order valence-electron chi connectivity index (χ4n) is 3.80. The number of methoxy groups -OCH3 is 3. The molecule has 0 unspecified atom stereocenters. The summed E-state index contributed by atoms with van der Waals surface area (Å²) < 4.78 is 55.6. The van der Waals surface area contributed by atoms with E-state index in [1.54, 1.807) is 12.1 Å². The highest BCUT2D eigenvalue weighted by atomic mass is 19.4. The van der Waals surface area contributed by atoms with E-state index in [2.05, 4.69) is 5.32 Å². The van der Waals surface area contributed by atoms with Crippen LogP contribution in [0.4, 0.5) is 24.5 Å². The van der Waals surface area contributed by atoms with Gasteiger partial charge in [0.25, 0.3) is 0 Å². The third kappa shape index (κ3) is 5.38. The van der Waals surface area contributed by atoms with Crippen LogP contribution < -0.4 is 24.4 Å². The molecule has 0 aromatic heterocycles. The number of halogens is 3. The molecule has 0 atom stereocenters. The lowest BCUT2D eigenvalue weighted by molar-refractivity contribution is -0.137. The quantitative estimate of drug-likeness (QED) is 0.617. The molecule has 1 fully saturated rings. The number of ether oxygens (including phenoxy) is 3. The molecule has 3 rings (SSSR count). The maximum Gasteiger partial charge on any atom is 0.416 e. The van der Waals surface area contributed by atoms with Crippen molar-refractivity contribution in [2.75, 3.05) is 44.6 Å². The van der Waals surface area contributed by atoms with Crippen LogP contribution in [-0.2, 0) is 17.4 Å². The first-order valence-electron chi connectivity index (χ1n) is 10.3. The molecule has 0 radical (unpaired) electrons. The largest absolute Gasteiger partial charge is 0.493 e. The van der Waals surface area contributed by atoms with Crippen LogP contribution in [0.5, 0.6) is 17.2 Å². The van der Waals surface area contributed by atoms with E-state index in [-0.39, 0.29) is 18.0 Å². The van der Waals surface area contributed by atoms with Gasteiger partial charge in [-0.3, -0.25) is 4.79 Å². The molecule has 0 saturated carbocycles. The zero-order valence-electron chi connectivity index (χ0n) is 18.3. The van der Waals surface area contributed by atoms with Crippen LogP contribution in [0.1, 0.15) is 30.4 Å². The summed E-state index contributed by atoms with van der Waals surface area (Å²) in [5, 5.41) is 2.68. The van der Waals surface area contributed by atoms with Gasteiger partial charge in [0.2, 0.25) is 11.7 Å². The number of hydrogen-bond donors (Lipinski definition) is 1. The highest BCUT2D eigenvalue weighted by Gasteiger charge is 2.32. The summed E-state index contributed by atoms with van der Waals surface area (Å²) in [6.45, 7) is 1.50. The van der Waals surface area contributed by atoms with Gasteiger partial charge in [0.05, 0.1) is 38.3 Å². The standard InChI is InChI=1S/C23H27F3N2O4/c1-30-19-12-15(13-20(31-2)22(19)32-3)6-9-21(29)27-17-14-16(23(24,25)26)7-8-18(17)28-10-4-5-11-28/h7-8,12-14H,4-6,9-11H2,1-3H3,(H,27,29). The van der Waals surface area contributed by atoms with E-state index < -0.39 is 11.7 Å². The van der Waals surface area contributed by atoms with Gasteiger partial charge in [0.15, 0.2) is 11.5 Å². The first-order valence-corrected chi connectivity index (χ1v) is 10.3. The van der Waals surface area contributed by atoms with Crippen molar-refractivity contribution < 1.29 is 32.2 Å². The monoisotopic (exact) mass is 452 g/mol. The zero-order chi connectivity index (χ0) is 23.3. The van der Waals surface area contributed by atoms with E-state index in [9.17, 15) is 18.0 Å². The summed E-state index contributed by atoms with van der Waals surface area (Å²) in [4.78, 5) is 14.6. The van der Waals surface area contributed by atoms with Gasteiger partial charge in [0, 0.05) is 19.5 Å². The maximum atomic E-state index is 13.2. The summed E-state index contributed by atoms with van der Waals surface area (Å²) in [5.41, 5.74) is 0.770. The number of aryl methyl sites for hydroxylation is 1. The number of carbonyl (C=O) groups is 1. The van der Waals surface area contributed by atoms with Crippen molar-refractivity contribution in [3.63, 3.8) is 0 Å². The van der Waals surface area contributed by atoms with Gasteiger partial charge in [-0.2, -0.15) is 13.2 Å². The Kier molecular flexibility index (Phi) is 7.37. The lowest BCUT2D eigenvalue weighted by Gasteiger charge is -2.23. The number of alkyl halides is 3. The summed E-state index contributed by atoms with van der Waals surface area (Å²) in [6, 6.07) is 6.98. The normalized spacial score (nSPS) is 13.8. The van der Waals surface area contributed by atoms with Gasteiger partial charge in [-0.15, -0.1) is 0 Å². The van der Waals surface area contributed by atoms with Crippen molar-refractivity contribution in [2.24, 2.45) is 0 Å². The van der Waals surface area contributed by atoms with Crippen molar-refractivity contribution >= 4 is 17.3 Å². The van der Waals surface area contributed by atoms with E-state index in [0.717, 1.165) is 43.6 Å². The molecule has 9 heteroatoms. The molecule has 1 N–H and O–H groups in total. The Labute approximate surface area is 185 Å². The topological polar surface area (TPSA) is 60.0 Å². The van der Waals surface area contributed by atoms with Gasteiger partial charge >= 0.3 is 6.18 Å². The summed E-state index contributed by atoms with van der Waals surface area (Å²) >= 11 is 0. The second-order valence-electron chi connectivity index (χ2n) is 7.51. The van der Waals surface area contributed by atoms with E-state index in [0.29, 0.717) is 29.4 Å². The van der Waals surface area contributed by atoms with Crippen LogP contribution in [0.3, 0.4) is 0 Å². The number of benzene rings is 2. The fourth-order valence-corrected chi connectivity index (χ4v) is 3.80. The number of anilines is 2. The highest BCUT2D eigenvalue weighted by molar-refractivity contribution is 5.94. The molecular weight excluding hydrogens is 425 g/mol. The first kappa shape index (κ1) is 23.6. The Hall–Kier alpha value is -3.10. The van der Waals surface area contributed by atoms with Crippen molar-refractivity contribution in [1.82, 2.24) is 0 Å². The average Bonchev–Trinajstić information content (AvgIpc) is 3.30. The minimum atomic E-state index is -4.49. The Morgan fingerprint density at radius 2 is 1.62 bits per heavy atom. The molecule has 0 aliphatic carbocycles. The van der Waals surface area contributed by atoms with Gasteiger partial charge in [-0.25, -0.2) is 0 Å². The molecule has 1 heterocycles. The second kappa shape index (κ2) is 10.0. The van der Waals surface area contributed by atoms with E-state index >= 15 is 0 Å². The van der Waals surface area contributed by atoms with Gasteiger partial charge in [-0.1, -0.05) is 0 Å². The molecule has 174 valence electrons. The number of amides is 1. The van der Waals surface area contributed by atoms with Gasteiger partial charge in [-0.05, 0) is 55.2 Å². The van der Waals surface area contributed by atoms with Crippen LogP contribution >= 0.6 is 0 Å². The van der Waals surface area contributed by atoms with Crippen molar-refractivity contribution in [2.45, 2.75) is 31.9 Å². The van der Waals surface area contributed by atoms with Gasteiger partial charge in [0.1, 0.15) is 0 Å². The lowest BCUT2D eigenvalue weighted by atomic mass is 10.1. The highest BCUT2D eigenvalue weighted by Crippen LogP contribution is 2.39. The molecule has 2 aromatic rings. The average molecular weight is 452 g/mol. The zero-order valence-corrected chi connectivity index (χ0v) is 18.3. The van der Waals surface area contributed by atoms with Crippen LogP contribution in [0.15, 0.2) is 30.3 Å². The lowest BCUT2D eigenvalue weighted by Crippen LogP contribution is -2.22. The van der Waals surface area contributed by atoms with Crippen molar-refractivity contribution in [1.29, 1.82) is 0 Å². The molecule has 0 bridgehead atoms. The minimum absolute atomic E-state index is 0.0777. The predicted octanol–water partition coefficient (Wildman–Crippen LogP) is 4.90. The number of rotatable bonds is 8. The number of nitrogens with zero attached hydrogens (tertiary/aromatic N) is 1. The molecule has 6 nitrogen and oxygen atoms in total. The Bertz CT molecular complexity index is 932. The molecule has 1 aliphatic rings. The molecule has 0 spiro atoms. The second-order valence-corrected chi connectivity index (χ2v) is 7.51. The minimum Gasteiger partial charge on any atom is -0.493 e. The molecular formula is C23H27F3N2O4. The number of nitrogens with one attached hydrogen (secondary N) is 1. The smallest absolute Gasteiger partial charge is 0.416 e. The van der Waals surface area contributed by atoms with E-state index in [4.69, 9.17) is 14.2 Å². The third-order valence-electron chi connectivity index (χ3n) is 5.41. The molecule has 1 saturated heterocycles. The molecule has 1 amide bonds. The molecule has 32 heavy (non-hydrogen) atoms.